The zero-order chi connectivity index (χ0) is 28.7. The van der Waals surface area contributed by atoms with Crippen molar-refractivity contribution in [2.45, 2.75) is 59.8 Å². The fraction of sp³-hybridized carbons (Fsp3) is 0.312. The van der Waals surface area contributed by atoms with Gasteiger partial charge >= 0.3 is 0 Å². The van der Waals surface area contributed by atoms with Crippen LogP contribution in [0.1, 0.15) is 57.8 Å². The number of aromatic nitrogens is 6. The third-order valence-corrected chi connectivity index (χ3v) is 7.83. The molecule has 0 aliphatic carbocycles. The summed E-state index contributed by atoms with van der Waals surface area (Å²) in [4.78, 5) is 32.6. The Morgan fingerprint density at radius 3 is 2.37 bits per heavy atom. The molecule has 0 atom stereocenters. The quantitative estimate of drug-likeness (QED) is 0.243. The number of piperidine rings is 1. The van der Waals surface area contributed by atoms with Gasteiger partial charge in [-0.25, -0.2) is 4.98 Å². The van der Waals surface area contributed by atoms with Crippen molar-refractivity contribution < 1.29 is 9.59 Å². The van der Waals surface area contributed by atoms with E-state index in [-0.39, 0.29) is 17.2 Å². The number of imidazole rings is 1. The number of tetrazole rings is 1. The fourth-order valence-corrected chi connectivity index (χ4v) is 5.84. The van der Waals surface area contributed by atoms with Crippen LogP contribution >= 0.6 is 0 Å². The maximum atomic E-state index is 13.1. The number of hydrogen-bond acceptors (Lipinski definition) is 6. The monoisotopic (exact) mass is 547 g/mol. The molecule has 1 fully saturated rings. The number of nitrogens with zero attached hydrogens (tertiary/aromatic N) is 6. The number of aromatic amines is 1. The Bertz CT molecular complexity index is 1750. The van der Waals surface area contributed by atoms with Crippen LogP contribution in [-0.4, -0.2) is 42.0 Å². The third-order valence-electron chi connectivity index (χ3n) is 7.83. The second-order valence-electron chi connectivity index (χ2n) is 11.5. The maximum absolute atomic E-state index is 13.1. The van der Waals surface area contributed by atoms with Crippen LogP contribution in [0, 0.1) is 12.3 Å². The van der Waals surface area contributed by atoms with Crippen LogP contribution in [-0.2, 0) is 16.0 Å². The van der Waals surface area contributed by atoms with Gasteiger partial charge in [-0.05, 0) is 64.9 Å². The molecule has 208 valence electrons. The topological polar surface area (TPSA) is 110 Å². The van der Waals surface area contributed by atoms with Crippen molar-refractivity contribution in [2.24, 2.45) is 5.41 Å². The molecule has 9 heteroatoms. The van der Waals surface area contributed by atoms with E-state index >= 15 is 0 Å². The number of anilines is 1. The van der Waals surface area contributed by atoms with Gasteiger partial charge in [0, 0.05) is 24.8 Å². The summed E-state index contributed by atoms with van der Waals surface area (Å²) in [5.74, 6) is 1.15. The van der Waals surface area contributed by atoms with E-state index in [1.54, 1.807) is 0 Å². The number of aryl methyl sites for hydroxylation is 1. The molecule has 1 saturated heterocycles. The zero-order valence-corrected chi connectivity index (χ0v) is 23.8. The van der Waals surface area contributed by atoms with Crippen molar-refractivity contribution >= 4 is 28.5 Å². The molecule has 41 heavy (non-hydrogen) atoms. The molecule has 0 unspecified atom stereocenters. The van der Waals surface area contributed by atoms with Gasteiger partial charge in [-0.15, -0.1) is 10.2 Å². The second kappa shape index (κ2) is 10.4. The number of nitrogens with one attached hydrogen (secondary N) is 1. The van der Waals surface area contributed by atoms with E-state index in [9.17, 15) is 9.59 Å². The number of hydrogen-bond donors (Lipinski definition) is 1. The molecule has 3 heterocycles. The summed E-state index contributed by atoms with van der Waals surface area (Å²) in [7, 11) is 0. The predicted octanol–water partition coefficient (Wildman–Crippen LogP) is 6.20. The van der Waals surface area contributed by atoms with Gasteiger partial charge in [0.25, 0.3) is 0 Å². The van der Waals surface area contributed by atoms with Crippen molar-refractivity contribution in [2.75, 3.05) is 4.90 Å². The Hall–Kier alpha value is -4.66. The summed E-state index contributed by atoms with van der Waals surface area (Å²) in [6, 6.07) is 20.0. The van der Waals surface area contributed by atoms with Crippen LogP contribution in [0.25, 0.3) is 39.2 Å². The number of amides is 2. The van der Waals surface area contributed by atoms with Gasteiger partial charge < -0.3 is 0 Å². The zero-order valence-electron chi connectivity index (χ0n) is 23.8. The van der Waals surface area contributed by atoms with Gasteiger partial charge in [0.15, 0.2) is 0 Å². The largest absolute Gasteiger partial charge is 0.296 e. The van der Waals surface area contributed by atoms with Gasteiger partial charge in [-0.2, -0.15) is 5.21 Å². The average molecular weight is 548 g/mol. The van der Waals surface area contributed by atoms with Gasteiger partial charge in [-0.3, -0.25) is 19.1 Å². The van der Waals surface area contributed by atoms with E-state index in [1.165, 1.54) is 4.90 Å². The van der Waals surface area contributed by atoms with Crippen LogP contribution in [0.5, 0.6) is 0 Å². The highest BCUT2D eigenvalue weighted by atomic mass is 16.2. The minimum atomic E-state index is -0.334. The van der Waals surface area contributed by atoms with E-state index in [0.29, 0.717) is 24.4 Å². The molecule has 2 aromatic heterocycles. The molecule has 2 amide bonds. The lowest BCUT2D eigenvalue weighted by atomic mass is 9.81. The maximum Gasteiger partial charge on any atom is 0.234 e. The molecule has 1 aliphatic rings. The van der Waals surface area contributed by atoms with Crippen molar-refractivity contribution in [3.8, 4) is 28.2 Å². The van der Waals surface area contributed by atoms with E-state index in [4.69, 9.17) is 4.98 Å². The molecule has 1 aliphatic heterocycles. The number of carbonyl (C=O) groups is 2. The van der Waals surface area contributed by atoms with Crippen LogP contribution in [0.2, 0.25) is 0 Å². The Labute approximate surface area is 238 Å². The fourth-order valence-electron chi connectivity index (χ4n) is 5.84. The molecule has 0 saturated carbocycles. The number of benzene rings is 3. The number of fused-ring (bicyclic) bond motifs is 1. The Morgan fingerprint density at radius 2 is 1.66 bits per heavy atom. The molecule has 0 bridgehead atoms. The smallest absolute Gasteiger partial charge is 0.234 e. The molecular formula is C32H33N7O2. The van der Waals surface area contributed by atoms with Crippen molar-refractivity contribution in [3.05, 3.63) is 72.1 Å². The molecule has 6 rings (SSSR count). The normalized spacial score (nSPS) is 15.2. The van der Waals surface area contributed by atoms with Crippen LogP contribution < -0.4 is 4.90 Å². The Kier molecular flexibility index (Phi) is 6.73. The van der Waals surface area contributed by atoms with Gasteiger partial charge in [0.05, 0.1) is 22.4 Å². The number of unbranched alkanes of at least 4 members (excludes halogenated alkanes) is 1. The van der Waals surface area contributed by atoms with E-state index < -0.39 is 0 Å². The minimum Gasteiger partial charge on any atom is -0.296 e. The SMILES string of the molecule is CCCCc1nc2ccc(N3C(=O)CC(C)(C)CC3=O)cc2n1-c1cccc(-c2ccccc2-c2nn[nH]n2)c1C. The van der Waals surface area contributed by atoms with E-state index in [2.05, 4.69) is 57.2 Å². The summed E-state index contributed by atoms with van der Waals surface area (Å²) in [5.41, 5.74) is 6.94. The summed E-state index contributed by atoms with van der Waals surface area (Å²) in [5, 5.41) is 14.7. The highest BCUT2D eigenvalue weighted by Crippen LogP contribution is 2.38. The lowest BCUT2D eigenvalue weighted by Crippen LogP contribution is -2.46. The van der Waals surface area contributed by atoms with Crippen molar-refractivity contribution in [1.82, 2.24) is 30.2 Å². The minimum absolute atomic E-state index is 0.167. The number of imide groups is 1. The molecule has 9 nitrogen and oxygen atoms in total. The number of H-pyrrole nitrogens is 1. The lowest BCUT2D eigenvalue weighted by molar-refractivity contribution is -0.132. The van der Waals surface area contributed by atoms with Crippen molar-refractivity contribution in [3.63, 3.8) is 0 Å². The number of rotatable bonds is 7. The van der Waals surface area contributed by atoms with Crippen LogP contribution in [0.4, 0.5) is 5.69 Å². The average Bonchev–Trinajstić information content (AvgIpc) is 3.59. The standard InChI is InChI=1S/C32H33N7O2/c1-5-6-14-28-33-25-16-15-21(38-29(40)18-32(3,4)19-30(38)41)17-27(25)39(28)26-13-9-12-22(20(26)2)23-10-7-8-11-24(23)31-34-36-37-35-31/h7-13,15-17H,5-6,14,18-19H2,1-4H3,(H,34,35,36,37). The van der Waals surface area contributed by atoms with Gasteiger partial charge in [0.1, 0.15) is 5.82 Å². The first-order valence-electron chi connectivity index (χ1n) is 14.1. The molecule has 0 spiro atoms. The van der Waals surface area contributed by atoms with Crippen molar-refractivity contribution in [1.29, 1.82) is 0 Å². The summed E-state index contributed by atoms with van der Waals surface area (Å²) in [6.45, 7) is 8.20. The van der Waals surface area contributed by atoms with Gasteiger partial charge in [-0.1, -0.05) is 63.6 Å². The third kappa shape index (κ3) is 4.81. The molecule has 5 aromatic rings. The van der Waals surface area contributed by atoms with E-state index in [1.807, 2.05) is 56.3 Å². The molecule has 1 N–H and O–H groups in total. The first-order chi connectivity index (χ1) is 19.8. The van der Waals surface area contributed by atoms with Crippen LogP contribution in [0.15, 0.2) is 60.7 Å². The number of carbonyl (C=O) groups excluding carboxylic acids is 2. The molecule has 0 radical (unpaired) electrons. The van der Waals surface area contributed by atoms with Crippen LogP contribution in [0.3, 0.4) is 0 Å². The lowest BCUT2D eigenvalue weighted by Gasteiger charge is -2.34. The summed E-state index contributed by atoms with van der Waals surface area (Å²) >= 11 is 0. The molecule has 3 aromatic carbocycles. The predicted molar refractivity (Wildman–Crippen MR) is 159 cm³/mol. The highest BCUT2D eigenvalue weighted by molar-refractivity contribution is 6.17. The summed E-state index contributed by atoms with van der Waals surface area (Å²) in [6.07, 6.45) is 3.50. The van der Waals surface area contributed by atoms with E-state index in [0.717, 1.165) is 64.1 Å². The first-order valence-corrected chi connectivity index (χ1v) is 14.1. The second-order valence-corrected chi connectivity index (χ2v) is 11.5. The highest BCUT2D eigenvalue weighted by Gasteiger charge is 2.38. The van der Waals surface area contributed by atoms with Gasteiger partial charge in [0.2, 0.25) is 17.6 Å². The Morgan fingerprint density at radius 1 is 0.927 bits per heavy atom. The molecular weight excluding hydrogens is 514 g/mol. The Balaban J connectivity index is 1.52. The summed E-state index contributed by atoms with van der Waals surface area (Å²) < 4.78 is 2.19. The first kappa shape index (κ1) is 26.6.